The van der Waals surface area contributed by atoms with Gasteiger partial charge in [0.2, 0.25) is 0 Å². The lowest BCUT2D eigenvalue weighted by atomic mass is 10.2. The van der Waals surface area contributed by atoms with Crippen LogP contribution in [0.3, 0.4) is 0 Å². The average Bonchev–Trinajstić information content (AvgIpc) is 3.08. The quantitative estimate of drug-likeness (QED) is 0.196. The highest BCUT2D eigenvalue weighted by Gasteiger charge is 2.09. The van der Waals surface area contributed by atoms with E-state index in [1.54, 1.807) is 17.2 Å². The van der Waals surface area contributed by atoms with Gasteiger partial charge in [-0.1, -0.05) is 34.1 Å². The average molecular weight is 573 g/mol. The number of aromatic nitrogens is 4. The van der Waals surface area contributed by atoms with E-state index in [0.29, 0.717) is 13.1 Å². The molecule has 0 saturated heterocycles. The van der Waals surface area contributed by atoms with E-state index in [1.807, 2.05) is 26.2 Å². The van der Waals surface area contributed by atoms with Gasteiger partial charge in [-0.25, -0.2) is 9.97 Å². The van der Waals surface area contributed by atoms with Gasteiger partial charge in [-0.05, 0) is 18.6 Å². The SMILES string of the molecule is CCNC(=NCCNc1ncnc2c1cnn2C)N(C)Cc1ccccc1Br.I. The molecule has 0 amide bonds. The molecule has 0 aliphatic carbocycles. The van der Waals surface area contributed by atoms with E-state index in [1.165, 1.54) is 5.56 Å². The number of benzene rings is 1. The zero-order valence-corrected chi connectivity index (χ0v) is 20.7. The van der Waals surface area contributed by atoms with E-state index >= 15 is 0 Å². The number of aliphatic imine (C=N–C) groups is 1. The van der Waals surface area contributed by atoms with Crippen LogP contribution in [0.15, 0.2) is 46.3 Å². The number of hydrogen-bond acceptors (Lipinski definition) is 5. The number of nitrogens with one attached hydrogen (secondary N) is 2. The highest BCUT2D eigenvalue weighted by Crippen LogP contribution is 2.18. The van der Waals surface area contributed by atoms with Crippen molar-refractivity contribution in [2.75, 3.05) is 32.0 Å². The summed E-state index contributed by atoms with van der Waals surface area (Å²) in [5.41, 5.74) is 2.02. The molecule has 8 nitrogen and oxygen atoms in total. The number of nitrogens with zero attached hydrogens (tertiary/aromatic N) is 6. The zero-order chi connectivity index (χ0) is 19.9. The number of guanidine groups is 1. The number of fused-ring (bicyclic) bond motifs is 1. The number of anilines is 1. The van der Waals surface area contributed by atoms with E-state index in [4.69, 9.17) is 4.99 Å². The molecule has 10 heteroatoms. The number of rotatable bonds is 7. The molecule has 3 rings (SSSR count). The Morgan fingerprint density at radius 1 is 1.28 bits per heavy atom. The van der Waals surface area contributed by atoms with Crippen molar-refractivity contribution in [1.82, 2.24) is 30.0 Å². The third-order valence-corrected chi connectivity index (χ3v) is 5.03. The molecule has 0 saturated carbocycles. The standard InChI is InChI=1S/C19H25BrN8.HI/c1-4-21-19(27(2)12-14-7-5-6-8-16(14)20)23-10-9-22-17-15-11-26-28(3)18(15)25-13-24-17;/h5-8,11,13H,4,9-10,12H2,1-3H3,(H,21,23)(H,22,24,25);1H. The van der Waals surface area contributed by atoms with Crippen molar-refractivity contribution in [3.63, 3.8) is 0 Å². The molecular weight excluding hydrogens is 547 g/mol. The Kier molecular flexibility index (Phi) is 9.08. The summed E-state index contributed by atoms with van der Waals surface area (Å²) in [6.07, 6.45) is 3.32. The van der Waals surface area contributed by atoms with Gasteiger partial charge >= 0.3 is 0 Å². The van der Waals surface area contributed by atoms with Crippen LogP contribution in [0, 0.1) is 0 Å². The molecule has 0 unspecified atom stereocenters. The Hall–Kier alpha value is -1.95. The maximum atomic E-state index is 4.73. The first-order chi connectivity index (χ1) is 13.6. The summed E-state index contributed by atoms with van der Waals surface area (Å²) in [4.78, 5) is 15.4. The van der Waals surface area contributed by atoms with Crippen LogP contribution in [0.25, 0.3) is 11.0 Å². The fraction of sp³-hybridized carbons (Fsp3) is 0.368. The second-order valence-electron chi connectivity index (χ2n) is 6.34. The smallest absolute Gasteiger partial charge is 0.194 e. The van der Waals surface area contributed by atoms with Gasteiger partial charge in [-0.2, -0.15) is 5.10 Å². The molecule has 29 heavy (non-hydrogen) atoms. The van der Waals surface area contributed by atoms with Crippen LogP contribution in [0.1, 0.15) is 12.5 Å². The molecule has 1 aromatic carbocycles. The van der Waals surface area contributed by atoms with Gasteiger partial charge < -0.3 is 15.5 Å². The van der Waals surface area contributed by atoms with Crippen molar-refractivity contribution in [3.05, 3.63) is 46.8 Å². The summed E-state index contributed by atoms with van der Waals surface area (Å²) in [6, 6.07) is 8.23. The minimum Gasteiger partial charge on any atom is -0.367 e. The van der Waals surface area contributed by atoms with Crippen LogP contribution in [-0.4, -0.2) is 57.3 Å². The van der Waals surface area contributed by atoms with Crippen molar-refractivity contribution in [2.24, 2.45) is 12.0 Å². The molecule has 2 aromatic heterocycles. The summed E-state index contributed by atoms with van der Waals surface area (Å²) >= 11 is 3.61. The van der Waals surface area contributed by atoms with Crippen LogP contribution < -0.4 is 10.6 Å². The van der Waals surface area contributed by atoms with Crippen LogP contribution >= 0.6 is 39.9 Å². The fourth-order valence-corrected chi connectivity index (χ4v) is 3.28. The molecule has 2 N–H and O–H groups in total. The Morgan fingerprint density at radius 2 is 2.07 bits per heavy atom. The Morgan fingerprint density at radius 3 is 2.83 bits per heavy atom. The van der Waals surface area contributed by atoms with E-state index < -0.39 is 0 Å². The molecule has 0 atom stereocenters. The molecule has 0 aliphatic rings. The van der Waals surface area contributed by atoms with E-state index in [-0.39, 0.29) is 24.0 Å². The second kappa shape index (κ2) is 11.3. The van der Waals surface area contributed by atoms with E-state index in [9.17, 15) is 0 Å². The third kappa shape index (κ3) is 6.01. The van der Waals surface area contributed by atoms with Gasteiger partial charge in [-0.3, -0.25) is 9.67 Å². The largest absolute Gasteiger partial charge is 0.367 e. The lowest BCUT2D eigenvalue weighted by molar-refractivity contribution is 0.476. The lowest BCUT2D eigenvalue weighted by Gasteiger charge is -2.22. The van der Waals surface area contributed by atoms with Crippen molar-refractivity contribution >= 4 is 62.7 Å². The maximum Gasteiger partial charge on any atom is 0.194 e. The molecule has 2 heterocycles. The summed E-state index contributed by atoms with van der Waals surface area (Å²) in [5.74, 6) is 1.65. The Bertz CT molecular complexity index is 958. The van der Waals surface area contributed by atoms with Gasteiger partial charge in [0, 0.05) is 38.2 Å². The molecule has 0 spiro atoms. The van der Waals surface area contributed by atoms with Crippen LogP contribution in [0.2, 0.25) is 0 Å². The maximum absolute atomic E-state index is 4.73. The Labute approximate surface area is 196 Å². The van der Waals surface area contributed by atoms with Gasteiger partial charge in [-0.15, -0.1) is 24.0 Å². The summed E-state index contributed by atoms with van der Waals surface area (Å²) in [7, 11) is 3.91. The topological polar surface area (TPSA) is 83.3 Å². The van der Waals surface area contributed by atoms with Crippen LogP contribution in [-0.2, 0) is 13.6 Å². The minimum absolute atomic E-state index is 0. The summed E-state index contributed by atoms with van der Waals surface area (Å²) < 4.78 is 2.84. The first-order valence-electron chi connectivity index (χ1n) is 9.19. The molecule has 156 valence electrons. The molecule has 0 bridgehead atoms. The molecule has 3 aromatic rings. The van der Waals surface area contributed by atoms with Crippen molar-refractivity contribution in [3.8, 4) is 0 Å². The predicted octanol–water partition coefficient (Wildman–Crippen LogP) is 3.25. The highest BCUT2D eigenvalue weighted by molar-refractivity contribution is 14.0. The minimum atomic E-state index is 0. The van der Waals surface area contributed by atoms with Gasteiger partial charge in [0.15, 0.2) is 11.6 Å². The Balaban J connectivity index is 0.00000300. The van der Waals surface area contributed by atoms with Gasteiger partial charge in [0.25, 0.3) is 0 Å². The van der Waals surface area contributed by atoms with E-state index in [2.05, 4.69) is 65.6 Å². The summed E-state index contributed by atoms with van der Waals surface area (Å²) in [5, 5.41) is 11.8. The predicted molar refractivity (Wildman–Crippen MR) is 132 cm³/mol. The van der Waals surface area contributed by atoms with Crippen molar-refractivity contribution < 1.29 is 0 Å². The fourth-order valence-electron chi connectivity index (χ4n) is 2.87. The third-order valence-electron chi connectivity index (χ3n) is 4.26. The number of hydrogen-bond donors (Lipinski definition) is 2. The number of aryl methyl sites for hydroxylation is 1. The second-order valence-corrected chi connectivity index (χ2v) is 7.19. The normalized spacial score (nSPS) is 11.2. The van der Waals surface area contributed by atoms with Crippen LogP contribution in [0.5, 0.6) is 0 Å². The first kappa shape index (κ1) is 23.3. The van der Waals surface area contributed by atoms with Crippen molar-refractivity contribution in [1.29, 1.82) is 0 Å². The molecular formula is C19H26BrIN8. The molecule has 0 fully saturated rings. The lowest BCUT2D eigenvalue weighted by Crippen LogP contribution is -2.38. The molecule has 0 radical (unpaired) electrons. The van der Waals surface area contributed by atoms with E-state index in [0.717, 1.165) is 40.4 Å². The first-order valence-corrected chi connectivity index (χ1v) is 9.99. The summed E-state index contributed by atoms with van der Waals surface area (Å²) in [6.45, 7) is 4.94. The zero-order valence-electron chi connectivity index (χ0n) is 16.8. The molecule has 0 aliphatic heterocycles. The van der Waals surface area contributed by atoms with Crippen molar-refractivity contribution in [2.45, 2.75) is 13.5 Å². The van der Waals surface area contributed by atoms with Crippen LogP contribution in [0.4, 0.5) is 5.82 Å². The van der Waals surface area contributed by atoms with Gasteiger partial charge in [0.1, 0.15) is 12.1 Å². The van der Waals surface area contributed by atoms with Gasteiger partial charge in [0.05, 0.1) is 18.1 Å². The number of halogens is 2. The monoisotopic (exact) mass is 572 g/mol. The highest BCUT2D eigenvalue weighted by atomic mass is 127.